The van der Waals surface area contributed by atoms with E-state index in [4.69, 9.17) is 17.4 Å². The standard InChI is InChI=1S/C25H30FN3O3S/c1-2-32-23(30)11-14-29-13-9-19(27-29)15-18-16-28(12-10-22(18)33)24(25(31)17-7-8-17)20-5-3-4-6-21(20)26/h3-6,9,13,15,17,22,24,33H,2,7-8,10-12,14,16H2,1H3/b18-15-/t22-,24+/m0/s1. The zero-order valence-corrected chi connectivity index (χ0v) is 19.7. The number of rotatable bonds is 9. The maximum atomic E-state index is 14.7. The number of carbonyl (C=O) groups is 2. The number of aromatic nitrogens is 2. The van der Waals surface area contributed by atoms with Gasteiger partial charge in [-0.05, 0) is 50.0 Å². The SMILES string of the molecule is CCOC(=O)CCn1ccc(/C=C2/CN([C@@H](C(=O)C3CC3)c3ccccc3F)CC[C@@H]2S)n1. The molecule has 0 unspecified atom stereocenters. The summed E-state index contributed by atoms with van der Waals surface area (Å²) in [5.41, 5.74) is 2.27. The van der Waals surface area contributed by atoms with Crippen LogP contribution in [0.2, 0.25) is 0 Å². The largest absolute Gasteiger partial charge is 0.466 e. The van der Waals surface area contributed by atoms with Crippen LogP contribution in [-0.2, 0) is 20.9 Å². The first-order chi connectivity index (χ1) is 16.0. The lowest BCUT2D eigenvalue weighted by atomic mass is 9.93. The number of aryl methyl sites for hydroxylation is 1. The molecule has 33 heavy (non-hydrogen) atoms. The van der Waals surface area contributed by atoms with E-state index < -0.39 is 6.04 Å². The van der Waals surface area contributed by atoms with Gasteiger partial charge in [-0.1, -0.05) is 18.2 Å². The predicted molar refractivity (Wildman–Crippen MR) is 127 cm³/mol. The molecule has 0 spiro atoms. The summed E-state index contributed by atoms with van der Waals surface area (Å²) in [5, 5.41) is 4.58. The Bertz CT molecular complexity index is 1030. The van der Waals surface area contributed by atoms with Gasteiger partial charge in [-0.15, -0.1) is 0 Å². The number of esters is 1. The summed E-state index contributed by atoms with van der Waals surface area (Å²) in [7, 11) is 0. The van der Waals surface area contributed by atoms with Gasteiger partial charge in [0.2, 0.25) is 0 Å². The first-order valence-electron chi connectivity index (χ1n) is 11.6. The van der Waals surface area contributed by atoms with Crippen LogP contribution in [0.25, 0.3) is 6.08 Å². The van der Waals surface area contributed by atoms with E-state index in [9.17, 15) is 14.0 Å². The highest BCUT2D eigenvalue weighted by Gasteiger charge is 2.40. The molecule has 176 valence electrons. The van der Waals surface area contributed by atoms with Gasteiger partial charge in [-0.2, -0.15) is 17.7 Å². The average Bonchev–Trinajstić information content (AvgIpc) is 3.56. The van der Waals surface area contributed by atoms with Crippen LogP contribution in [0.15, 0.2) is 42.1 Å². The van der Waals surface area contributed by atoms with E-state index in [0.717, 1.165) is 30.5 Å². The Balaban J connectivity index is 1.51. The number of ether oxygens (including phenoxy) is 1. The molecule has 0 radical (unpaired) electrons. The summed E-state index contributed by atoms with van der Waals surface area (Å²) >= 11 is 4.76. The minimum Gasteiger partial charge on any atom is -0.466 e. The molecule has 6 nitrogen and oxygen atoms in total. The molecule has 8 heteroatoms. The zero-order chi connectivity index (χ0) is 23.4. The molecule has 1 saturated carbocycles. The number of ketones is 1. The van der Waals surface area contributed by atoms with Crippen LogP contribution in [0.4, 0.5) is 4.39 Å². The Morgan fingerprint density at radius 2 is 2.06 bits per heavy atom. The average molecular weight is 472 g/mol. The monoisotopic (exact) mass is 471 g/mol. The van der Waals surface area contributed by atoms with E-state index in [1.165, 1.54) is 6.07 Å². The summed E-state index contributed by atoms with van der Waals surface area (Å²) in [6.07, 6.45) is 6.63. The number of halogens is 1. The smallest absolute Gasteiger partial charge is 0.307 e. The molecule has 1 aliphatic heterocycles. The molecular weight excluding hydrogens is 441 g/mol. The van der Waals surface area contributed by atoms with Crippen LogP contribution >= 0.6 is 12.6 Å². The predicted octanol–water partition coefficient (Wildman–Crippen LogP) is 4.08. The van der Waals surface area contributed by atoms with Gasteiger partial charge < -0.3 is 4.74 Å². The molecule has 2 fully saturated rings. The second-order valence-corrected chi connectivity index (χ2v) is 9.28. The number of nitrogens with zero attached hydrogens (tertiary/aromatic N) is 3. The second kappa shape index (κ2) is 10.7. The molecule has 1 aromatic carbocycles. The van der Waals surface area contributed by atoms with Gasteiger partial charge in [0, 0.05) is 36.0 Å². The van der Waals surface area contributed by atoms with Crippen molar-refractivity contribution < 1.29 is 18.7 Å². The molecule has 0 N–H and O–H groups in total. The highest BCUT2D eigenvalue weighted by atomic mass is 32.1. The van der Waals surface area contributed by atoms with Crippen molar-refractivity contribution in [1.82, 2.24) is 14.7 Å². The number of carbonyl (C=O) groups excluding carboxylic acids is 2. The number of hydrogen-bond acceptors (Lipinski definition) is 6. The number of likely N-dealkylation sites (tertiary alicyclic amines) is 1. The lowest BCUT2D eigenvalue weighted by Crippen LogP contribution is -2.42. The Labute approximate surface area is 199 Å². The molecule has 1 saturated heterocycles. The molecule has 1 aliphatic carbocycles. The normalized spacial score (nSPS) is 21.2. The number of piperidine rings is 1. The molecular formula is C25H30FN3O3S. The lowest BCUT2D eigenvalue weighted by Gasteiger charge is -2.37. The molecule has 2 atom stereocenters. The van der Waals surface area contributed by atoms with Crippen LogP contribution in [0, 0.1) is 11.7 Å². The highest BCUT2D eigenvalue weighted by Crippen LogP contribution is 2.39. The quantitative estimate of drug-likeness (QED) is 0.441. The van der Waals surface area contributed by atoms with Crippen molar-refractivity contribution >= 4 is 30.5 Å². The molecule has 2 aliphatic rings. The number of thiol groups is 1. The fourth-order valence-electron chi connectivity index (χ4n) is 4.28. The van der Waals surface area contributed by atoms with E-state index in [2.05, 4.69) is 10.00 Å². The van der Waals surface area contributed by atoms with Crippen molar-refractivity contribution in [1.29, 1.82) is 0 Å². The minimum absolute atomic E-state index is 0.0332. The fraction of sp³-hybridized carbons (Fsp3) is 0.480. The number of benzene rings is 1. The molecule has 2 aromatic rings. The van der Waals surface area contributed by atoms with Gasteiger partial charge in [-0.25, -0.2) is 4.39 Å². The summed E-state index contributed by atoms with van der Waals surface area (Å²) in [6.45, 7) is 3.81. The number of Topliss-reactive ketones (excluding diaryl/α,β-unsaturated/α-hetero) is 1. The van der Waals surface area contributed by atoms with Crippen molar-refractivity contribution in [3.05, 3.63) is 59.2 Å². The van der Waals surface area contributed by atoms with E-state index >= 15 is 0 Å². The van der Waals surface area contributed by atoms with E-state index in [1.54, 1.807) is 29.8 Å². The van der Waals surface area contributed by atoms with Crippen molar-refractivity contribution in [2.75, 3.05) is 19.7 Å². The Hall–Kier alpha value is -2.45. The van der Waals surface area contributed by atoms with Crippen molar-refractivity contribution in [2.45, 2.75) is 50.4 Å². The van der Waals surface area contributed by atoms with Gasteiger partial charge >= 0.3 is 5.97 Å². The van der Waals surface area contributed by atoms with Crippen molar-refractivity contribution in [3.8, 4) is 0 Å². The van der Waals surface area contributed by atoms with Crippen molar-refractivity contribution in [3.63, 3.8) is 0 Å². The molecule has 4 rings (SSSR count). The minimum atomic E-state index is -0.579. The first kappa shape index (κ1) is 23.7. The van der Waals surface area contributed by atoms with Gasteiger partial charge in [0.25, 0.3) is 0 Å². The van der Waals surface area contributed by atoms with E-state index in [1.807, 2.05) is 18.3 Å². The van der Waals surface area contributed by atoms with Gasteiger partial charge in [0.1, 0.15) is 5.82 Å². The van der Waals surface area contributed by atoms with Crippen LogP contribution in [0.1, 0.15) is 49.9 Å². The Morgan fingerprint density at radius 3 is 2.79 bits per heavy atom. The summed E-state index contributed by atoms with van der Waals surface area (Å²) in [4.78, 5) is 26.8. The third-order valence-corrected chi connectivity index (χ3v) is 6.75. The van der Waals surface area contributed by atoms with E-state index in [-0.39, 0.29) is 35.2 Å². The fourth-order valence-corrected chi connectivity index (χ4v) is 4.55. The zero-order valence-electron chi connectivity index (χ0n) is 18.8. The van der Waals surface area contributed by atoms with E-state index in [0.29, 0.717) is 31.8 Å². The van der Waals surface area contributed by atoms with Crippen molar-refractivity contribution in [2.24, 2.45) is 5.92 Å². The molecule has 0 bridgehead atoms. The summed E-state index contributed by atoms with van der Waals surface area (Å²) in [6, 6.07) is 7.90. The first-order valence-corrected chi connectivity index (χ1v) is 12.1. The Morgan fingerprint density at radius 1 is 1.27 bits per heavy atom. The topological polar surface area (TPSA) is 64.4 Å². The van der Waals surface area contributed by atoms with Crippen LogP contribution in [0.3, 0.4) is 0 Å². The van der Waals surface area contributed by atoms with Gasteiger partial charge in [-0.3, -0.25) is 19.2 Å². The maximum Gasteiger partial charge on any atom is 0.307 e. The molecule has 0 amide bonds. The van der Waals surface area contributed by atoms with Crippen LogP contribution in [-0.4, -0.2) is 51.4 Å². The second-order valence-electron chi connectivity index (χ2n) is 8.65. The maximum absolute atomic E-state index is 14.7. The molecule has 1 aromatic heterocycles. The van der Waals surface area contributed by atoms with Crippen LogP contribution < -0.4 is 0 Å². The third kappa shape index (κ3) is 5.92. The lowest BCUT2D eigenvalue weighted by molar-refractivity contribution is -0.143. The molecule has 2 heterocycles. The summed E-state index contributed by atoms with van der Waals surface area (Å²) < 4.78 is 21.4. The summed E-state index contributed by atoms with van der Waals surface area (Å²) in [5.74, 6) is -0.438. The number of hydrogen-bond donors (Lipinski definition) is 1. The highest BCUT2D eigenvalue weighted by molar-refractivity contribution is 7.81. The van der Waals surface area contributed by atoms with Gasteiger partial charge in [0.05, 0.1) is 31.3 Å². The van der Waals surface area contributed by atoms with Gasteiger partial charge in [0.15, 0.2) is 5.78 Å². The van der Waals surface area contributed by atoms with Crippen LogP contribution in [0.5, 0.6) is 0 Å². The third-order valence-electron chi connectivity index (χ3n) is 6.16. The Kier molecular flexibility index (Phi) is 7.65.